The monoisotopic (exact) mass is 318 g/mol. The Morgan fingerprint density at radius 1 is 1.41 bits per heavy atom. The van der Waals surface area contributed by atoms with Crippen molar-refractivity contribution in [2.24, 2.45) is 4.99 Å². The molecule has 0 spiro atoms. The van der Waals surface area contributed by atoms with Gasteiger partial charge in [-0.3, -0.25) is 0 Å². The molecule has 0 radical (unpaired) electrons. The second kappa shape index (κ2) is 6.96. The highest BCUT2D eigenvalue weighted by atomic mass is 32.2. The summed E-state index contributed by atoms with van der Waals surface area (Å²) in [6, 6.07) is 6.43. The summed E-state index contributed by atoms with van der Waals surface area (Å²) in [7, 11) is 0. The van der Waals surface area contributed by atoms with Crippen LogP contribution in [-0.2, 0) is 0 Å². The highest BCUT2D eigenvalue weighted by molar-refractivity contribution is 8.13. The van der Waals surface area contributed by atoms with Gasteiger partial charge in [-0.15, -0.1) is 0 Å². The number of halogens is 1. The highest BCUT2D eigenvalue weighted by Gasteiger charge is 2.23. The third-order valence-electron chi connectivity index (χ3n) is 3.94. The van der Waals surface area contributed by atoms with E-state index in [0.717, 1.165) is 31.1 Å². The summed E-state index contributed by atoms with van der Waals surface area (Å²) in [6.45, 7) is 1.91. The molecule has 2 aromatic rings. The van der Waals surface area contributed by atoms with Crippen LogP contribution in [0.1, 0.15) is 24.5 Å². The van der Waals surface area contributed by atoms with Crippen LogP contribution >= 0.6 is 11.8 Å². The smallest absolute Gasteiger partial charge is 0.164 e. The van der Waals surface area contributed by atoms with Crippen LogP contribution in [0, 0.1) is 5.82 Å². The lowest BCUT2D eigenvalue weighted by Gasteiger charge is -2.33. The van der Waals surface area contributed by atoms with Gasteiger partial charge >= 0.3 is 0 Å². The molecular weight excluding hydrogens is 299 g/mol. The van der Waals surface area contributed by atoms with E-state index in [1.165, 1.54) is 17.8 Å². The predicted octanol–water partition coefficient (Wildman–Crippen LogP) is 3.78. The largest absolute Gasteiger partial charge is 0.351 e. The molecule has 1 aromatic carbocycles. The van der Waals surface area contributed by atoms with Gasteiger partial charge in [0, 0.05) is 30.9 Å². The molecule has 1 N–H and O–H groups in total. The number of nitrogens with zero attached hydrogens (tertiary/aromatic N) is 3. The molecule has 1 aliphatic rings. The fourth-order valence-electron chi connectivity index (χ4n) is 2.77. The summed E-state index contributed by atoms with van der Waals surface area (Å²) in [5.41, 5.74) is 1.88. The first-order valence-corrected chi connectivity index (χ1v) is 8.60. The molecule has 4 nitrogen and oxygen atoms in total. The van der Waals surface area contributed by atoms with Crippen LogP contribution in [0.3, 0.4) is 0 Å². The van der Waals surface area contributed by atoms with E-state index in [2.05, 4.69) is 19.9 Å². The average molecular weight is 318 g/mol. The Morgan fingerprint density at radius 2 is 2.23 bits per heavy atom. The van der Waals surface area contributed by atoms with E-state index in [1.807, 2.05) is 18.5 Å². The van der Waals surface area contributed by atoms with Crippen LogP contribution in [0.25, 0.3) is 0 Å². The van der Waals surface area contributed by atoms with Crippen LogP contribution in [0.2, 0.25) is 0 Å². The lowest BCUT2D eigenvalue weighted by Crippen LogP contribution is -2.36. The minimum atomic E-state index is -0.250. The summed E-state index contributed by atoms with van der Waals surface area (Å²) in [5.74, 6) is 0.288. The first-order chi connectivity index (χ1) is 10.8. The van der Waals surface area contributed by atoms with Gasteiger partial charge in [0.2, 0.25) is 0 Å². The number of benzene rings is 1. The Hall–Kier alpha value is -1.82. The van der Waals surface area contributed by atoms with E-state index in [-0.39, 0.29) is 5.82 Å². The second-order valence-electron chi connectivity index (χ2n) is 5.35. The molecule has 2 heterocycles. The number of thioether (sulfide) groups is 1. The first-order valence-electron chi connectivity index (χ1n) is 7.37. The van der Waals surface area contributed by atoms with Crippen molar-refractivity contribution in [1.82, 2.24) is 14.9 Å². The van der Waals surface area contributed by atoms with E-state index in [1.54, 1.807) is 24.2 Å². The number of rotatable bonds is 2. The normalized spacial score (nSPS) is 17.0. The fraction of sp³-hybridized carbons (Fsp3) is 0.375. The van der Waals surface area contributed by atoms with Gasteiger partial charge in [-0.1, -0.05) is 17.8 Å². The van der Waals surface area contributed by atoms with Gasteiger partial charge in [-0.25, -0.2) is 14.4 Å². The maximum atomic E-state index is 13.3. The topological polar surface area (TPSA) is 44.3 Å². The maximum Gasteiger partial charge on any atom is 0.164 e. The van der Waals surface area contributed by atoms with Crippen LogP contribution in [-0.4, -0.2) is 39.4 Å². The van der Waals surface area contributed by atoms with E-state index < -0.39 is 0 Å². The lowest BCUT2D eigenvalue weighted by molar-refractivity contribution is 0.315. The number of H-pyrrole nitrogens is 1. The zero-order chi connectivity index (χ0) is 15.4. The highest BCUT2D eigenvalue weighted by Crippen LogP contribution is 2.28. The quantitative estimate of drug-likeness (QED) is 0.677. The van der Waals surface area contributed by atoms with E-state index in [9.17, 15) is 4.39 Å². The maximum absolute atomic E-state index is 13.3. The van der Waals surface area contributed by atoms with E-state index in [4.69, 9.17) is 0 Å². The van der Waals surface area contributed by atoms with Crippen molar-refractivity contribution in [1.29, 1.82) is 0 Å². The molecule has 0 saturated carbocycles. The Labute approximate surface area is 133 Å². The van der Waals surface area contributed by atoms with Crippen LogP contribution in [0.4, 0.5) is 10.1 Å². The van der Waals surface area contributed by atoms with Crippen LogP contribution < -0.4 is 0 Å². The number of aromatic amines is 1. The summed E-state index contributed by atoms with van der Waals surface area (Å²) < 4.78 is 13.3. The molecule has 6 heteroatoms. The fourth-order valence-corrected chi connectivity index (χ4v) is 3.41. The number of likely N-dealkylation sites (tertiary alicyclic amines) is 1. The molecule has 116 valence electrons. The van der Waals surface area contributed by atoms with Gasteiger partial charge in [0.15, 0.2) is 5.17 Å². The van der Waals surface area contributed by atoms with Gasteiger partial charge in [-0.05, 0) is 37.3 Å². The Morgan fingerprint density at radius 3 is 2.86 bits per heavy atom. The molecule has 1 aromatic heterocycles. The van der Waals surface area contributed by atoms with Crippen LogP contribution in [0.5, 0.6) is 0 Å². The Kier molecular flexibility index (Phi) is 4.77. The molecule has 22 heavy (non-hydrogen) atoms. The van der Waals surface area contributed by atoms with E-state index >= 15 is 0 Å². The Balaban J connectivity index is 1.68. The van der Waals surface area contributed by atoms with Gasteiger partial charge in [0.05, 0.1) is 12.0 Å². The molecule has 0 aliphatic carbocycles. The third kappa shape index (κ3) is 3.50. The summed E-state index contributed by atoms with van der Waals surface area (Å²) in [6.07, 6.45) is 7.81. The molecule has 1 aliphatic heterocycles. The second-order valence-corrected chi connectivity index (χ2v) is 6.12. The summed E-state index contributed by atoms with van der Waals surface area (Å²) in [4.78, 5) is 14.2. The molecular formula is C16H19FN4S. The van der Waals surface area contributed by atoms with E-state index in [0.29, 0.717) is 11.6 Å². The third-order valence-corrected chi connectivity index (χ3v) is 4.65. The minimum Gasteiger partial charge on any atom is -0.351 e. The number of aromatic nitrogens is 2. The van der Waals surface area contributed by atoms with Crippen molar-refractivity contribution in [2.75, 3.05) is 19.3 Å². The molecule has 0 unspecified atom stereocenters. The zero-order valence-electron chi connectivity index (χ0n) is 12.5. The number of piperidine rings is 1. The molecule has 3 rings (SSSR count). The first kappa shape index (κ1) is 15.1. The molecule has 0 atom stereocenters. The summed E-state index contributed by atoms with van der Waals surface area (Å²) >= 11 is 1.61. The van der Waals surface area contributed by atoms with Crippen molar-refractivity contribution in [3.05, 3.63) is 48.3 Å². The minimum absolute atomic E-state index is 0.250. The molecule has 1 saturated heterocycles. The predicted molar refractivity (Wildman–Crippen MR) is 89.1 cm³/mol. The average Bonchev–Trinajstić information content (AvgIpc) is 3.07. The van der Waals surface area contributed by atoms with Gasteiger partial charge in [-0.2, -0.15) is 0 Å². The summed E-state index contributed by atoms with van der Waals surface area (Å²) in [5, 5.41) is 0.952. The number of imidazole rings is 1. The van der Waals surface area contributed by atoms with Gasteiger partial charge in [0.1, 0.15) is 5.82 Å². The Bertz CT molecular complexity index is 633. The van der Waals surface area contributed by atoms with Crippen molar-refractivity contribution in [3.63, 3.8) is 0 Å². The number of aliphatic imine (C=N–C) groups is 1. The van der Waals surface area contributed by atoms with Crippen molar-refractivity contribution in [2.45, 2.75) is 18.8 Å². The number of nitrogens with one attached hydrogen (secondary N) is 1. The SMILES string of the molecule is CSC(=Nc1cccc(F)c1)N1CCC(c2cnc[nH]2)CC1. The number of hydrogen-bond donors (Lipinski definition) is 1. The molecule has 1 fully saturated rings. The number of hydrogen-bond acceptors (Lipinski definition) is 3. The standard InChI is InChI=1S/C16H19FN4S/c1-22-16(20-14-4-2-3-13(17)9-14)21-7-5-12(6-8-21)15-10-18-11-19-15/h2-4,9-12H,5-8H2,1H3,(H,18,19). The van der Waals surface area contributed by atoms with Gasteiger partial charge < -0.3 is 9.88 Å². The van der Waals surface area contributed by atoms with Crippen molar-refractivity contribution in [3.8, 4) is 0 Å². The van der Waals surface area contributed by atoms with Crippen molar-refractivity contribution >= 4 is 22.6 Å². The van der Waals surface area contributed by atoms with Crippen molar-refractivity contribution < 1.29 is 4.39 Å². The zero-order valence-corrected chi connectivity index (χ0v) is 13.3. The molecule has 0 bridgehead atoms. The number of amidine groups is 1. The molecule has 0 amide bonds. The van der Waals surface area contributed by atoms with Crippen LogP contribution in [0.15, 0.2) is 41.8 Å². The lowest BCUT2D eigenvalue weighted by atomic mass is 9.94. The van der Waals surface area contributed by atoms with Gasteiger partial charge in [0.25, 0.3) is 0 Å².